The van der Waals surface area contributed by atoms with Crippen LogP contribution in [0.1, 0.15) is 12.0 Å². The first-order chi connectivity index (χ1) is 7.95. The molecule has 1 rings (SSSR count). The molecular weight excluding hydrogens is 287 g/mol. The zero-order chi connectivity index (χ0) is 13.0. The number of nitrogens with one attached hydrogen (secondary N) is 1. The van der Waals surface area contributed by atoms with Crippen molar-refractivity contribution in [3.63, 3.8) is 0 Å². The van der Waals surface area contributed by atoms with E-state index in [1.165, 1.54) is 12.1 Å². The van der Waals surface area contributed by atoms with Gasteiger partial charge in [0.1, 0.15) is 5.82 Å². The molecule has 0 heterocycles. The third-order valence-electron chi connectivity index (χ3n) is 2.28. The lowest BCUT2D eigenvalue weighted by Crippen LogP contribution is -2.35. The van der Waals surface area contributed by atoms with Gasteiger partial charge in [0.15, 0.2) is 0 Å². The number of benzene rings is 1. The van der Waals surface area contributed by atoms with Crippen molar-refractivity contribution in [2.75, 3.05) is 5.32 Å². The number of hydrogen-bond donors (Lipinski definition) is 2. The van der Waals surface area contributed by atoms with Gasteiger partial charge in [-0.1, -0.05) is 6.08 Å². The summed E-state index contributed by atoms with van der Waals surface area (Å²) in [5, 5.41) is 2.65. The Bertz CT molecular complexity index is 448. The molecule has 3 N–H and O–H groups in total. The molecule has 1 amide bonds. The van der Waals surface area contributed by atoms with Crippen LogP contribution in [0.4, 0.5) is 10.1 Å². The van der Waals surface area contributed by atoms with Gasteiger partial charge in [-0.3, -0.25) is 4.79 Å². The van der Waals surface area contributed by atoms with Gasteiger partial charge in [-0.15, -0.1) is 6.58 Å². The first kappa shape index (κ1) is 13.9. The SMILES string of the molecule is C=CCC(N)C(=O)Nc1cc(Br)c(F)cc1C. The summed E-state index contributed by atoms with van der Waals surface area (Å²) in [4.78, 5) is 11.7. The minimum absolute atomic E-state index is 0.302. The Morgan fingerprint density at radius 2 is 2.35 bits per heavy atom. The normalized spacial score (nSPS) is 12.0. The van der Waals surface area contributed by atoms with E-state index in [2.05, 4.69) is 27.8 Å². The fourth-order valence-corrected chi connectivity index (χ4v) is 1.64. The molecule has 5 heteroatoms. The van der Waals surface area contributed by atoms with Crippen LogP contribution in [-0.2, 0) is 4.79 Å². The second-order valence-corrected chi connectivity index (χ2v) is 4.56. The van der Waals surface area contributed by atoms with Crippen molar-refractivity contribution in [2.24, 2.45) is 5.73 Å². The van der Waals surface area contributed by atoms with Gasteiger partial charge in [-0.25, -0.2) is 4.39 Å². The van der Waals surface area contributed by atoms with Gasteiger partial charge in [-0.05, 0) is 47.0 Å². The Balaban J connectivity index is 2.85. The van der Waals surface area contributed by atoms with E-state index in [1.807, 2.05) is 0 Å². The zero-order valence-electron chi connectivity index (χ0n) is 9.47. The minimum Gasteiger partial charge on any atom is -0.324 e. The molecule has 1 aromatic carbocycles. The van der Waals surface area contributed by atoms with Crippen LogP contribution in [0.5, 0.6) is 0 Å². The molecular formula is C12H14BrFN2O. The summed E-state index contributed by atoms with van der Waals surface area (Å²) in [5.41, 5.74) is 6.81. The van der Waals surface area contributed by atoms with E-state index in [4.69, 9.17) is 5.73 Å². The van der Waals surface area contributed by atoms with Crippen LogP contribution in [0.15, 0.2) is 29.3 Å². The van der Waals surface area contributed by atoms with Crippen LogP contribution in [0.25, 0.3) is 0 Å². The first-order valence-electron chi connectivity index (χ1n) is 5.08. The molecule has 0 bridgehead atoms. The highest BCUT2D eigenvalue weighted by atomic mass is 79.9. The highest BCUT2D eigenvalue weighted by Crippen LogP contribution is 2.24. The van der Waals surface area contributed by atoms with E-state index in [1.54, 1.807) is 13.0 Å². The Morgan fingerprint density at radius 1 is 1.71 bits per heavy atom. The lowest BCUT2D eigenvalue weighted by molar-refractivity contribution is -0.117. The standard InChI is InChI=1S/C12H14BrFN2O/c1-3-4-10(15)12(17)16-11-6-8(13)9(14)5-7(11)2/h3,5-6,10H,1,4,15H2,2H3,(H,16,17). The molecule has 0 saturated carbocycles. The van der Waals surface area contributed by atoms with E-state index in [0.29, 0.717) is 22.1 Å². The zero-order valence-corrected chi connectivity index (χ0v) is 11.1. The van der Waals surface area contributed by atoms with Crippen LogP contribution >= 0.6 is 15.9 Å². The Labute approximate surface area is 108 Å². The molecule has 1 unspecified atom stereocenters. The maximum absolute atomic E-state index is 13.2. The molecule has 0 fully saturated rings. The summed E-state index contributed by atoms with van der Waals surface area (Å²) in [6.45, 7) is 5.23. The van der Waals surface area contributed by atoms with Crippen molar-refractivity contribution in [1.29, 1.82) is 0 Å². The van der Waals surface area contributed by atoms with Gasteiger partial charge in [0.2, 0.25) is 5.91 Å². The van der Waals surface area contributed by atoms with Crippen molar-refractivity contribution < 1.29 is 9.18 Å². The van der Waals surface area contributed by atoms with Crippen LogP contribution in [-0.4, -0.2) is 11.9 Å². The number of aryl methyl sites for hydroxylation is 1. The summed E-state index contributed by atoms with van der Waals surface area (Å²) in [6.07, 6.45) is 1.98. The first-order valence-corrected chi connectivity index (χ1v) is 5.88. The number of halogens is 2. The largest absolute Gasteiger partial charge is 0.324 e. The monoisotopic (exact) mass is 300 g/mol. The van der Waals surface area contributed by atoms with Gasteiger partial charge in [0.25, 0.3) is 0 Å². The van der Waals surface area contributed by atoms with Crippen LogP contribution in [0.3, 0.4) is 0 Å². The predicted molar refractivity (Wildman–Crippen MR) is 70.3 cm³/mol. The molecule has 0 aliphatic heterocycles. The number of carbonyl (C=O) groups excluding carboxylic acids is 1. The van der Waals surface area contributed by atoms with E-state index < -0.39 is 6.04 Å². The number of nitrogens with two attached hydrogens (primary N) is 1. The van der Waals surface area contributed by atoms with Crippen molar-refractivity contribution >= 4 is 27.5 Å². The quantitative estimate of drug-likeness (QED) is 0.840. The number of amides is 1. The van der Waals surface area contributed by atoms with E-state index in [9.17, 15) is 9.18 Å². The molecule has 0 aliphatic carbocycles. The molecule has 1 atom stereocenters. The number of anilines is 1. The predicted octanol–water partition coefficient (Wildman–Crippen LogP) is 2.74. The Morgan fingerprint density at radius 3 is 2.94 bits per heavy atom. The van der Waals surface area contributed by atoms with Crippen molar-refractivity contribution in [1.82, 2.24) is 0 Å². The highest BCUT2D eigenvalue weighted by molar-refractivity contribution is 9.10. The Kier molecular flexibility index (Phi) is 4.84. The number of carbonyl (C=O) groups is 1. The summed E-state index contributed by atoms with van der Waals surface area (Å²) in [5.74, 6) is -0.678. The van der Waals surface area contributed by atoms with Crippen LogP contribution in [0.2, 0.25) is 0 Å². The number of rotatable bonds is 4. The maximum Gasteiger partial charge on any atom is 0.241 e. The van der Waals surface area contributed by atoms with Crippen molar-refractivity contribution in [2.45, 2.75) is 19.4 Å². The van der Waals surface area contributed by atoms with Crippen LogP contribution in [0, 0.1) is 12.7 Å². The van der Waals surface area contributed by atoms with Crippen LogP contribution < -0.4 is 11.1 Å². The highest BCUT2D eigenvalue weighted by Gasteiger charge is 2.14. The molecule has 1 aromatic rings. The number of hydrogen-bond acceptors (Lipinski definition) is 2. The molecule has 0 aliphatic rings. The van der Waals surface area contributed by atoms with Crippen molar-refractivity contribution in [3.8, 4) is 0 Å². The molecule has 92 valence electrons. The molecule has 17 heavy (non-hydrogen) atoms. The molecule has 0 aromatic heterocycles. The maximum atomic E-state index is 13.2. The molecule has 3 nitrogen and oxygen atoms in total. The average molecular weight is 301 g/mol. The molecule has 0 saturated heterocycles. The minimum atomic E-state index is -0.643. The summed E-state index contributed by atoms with van der Waals surface area (Å²) in [7, 11) is 0. The molecule has 0 radical (unpaired) electrons. The molecule has 0 spiro atoms. The van der Waals surface area contributed by atoms with Gasteiger partial charge >= 0.3 is 0 Å². The lowest BCUT2D eigenvalue weighted by atomic mass is 10.1. The van der Waals surface area contributed by atoms with Gasteiger partial charge in [0, 0.05) is 5.69 Å². The lowest BCUT2D eigenvalue weighted by Gasteiger charge is -2.13. The Hall–Kier alpha value is -1.20. The second kappa shape index (κ2) is 5.93. The fraction of sp³-hybridized carbons (Fsp3) is 0.250. The second-order valence-electron chi connectivity index (χ2n) is 3.70. The van der Waals surface area contributed by atoms with Crippen molar-refractivity contribution in [3.05, 3.63) is 40.6 Å². The summed E-state index contributed by atoms with van der Waals surface area (Å²) < 4.78 is 13.5. The van der Waals surface area contributed by atoms with E-state index in [-0.39, 0.29) is 11.7 Å². The fourth-order valence-electron chi connectivity index (χ4n) is 1.29. The summed E-state index contributed by atoms with van der Waals surface area (Å²) >= 11 is 3.06. The average Bonchev–Trinajstić information content (AvgIpc) is 2.26. The van der Waals surface area contributed by atoms with E-state index in [0.717, 1.165) is 0 Å². The smallest absolute Gasteiger partial charge is 0.241 e. The third-order valence-corrected chi connectivity index (χ3v) is 2.89. The van der Waals surface area contributed by atoms with E-state index >= 15 is 0 Å². The third kappa shape index (κ3) is 3.64. The topological polar surface area (TPSA) is 55.1 Å². The summed E-state index contributed by atoms with van der Waals surface area (Å²) in [6, 6.07) is 2.22. The van der Waals surface area contributed by atoms with Gasteiger partial charge in [-0.2, -0.15) is 0 Å². The van der Waals surface area contributed by atoms with Gasteiger partial charge in [0.05, 0.1) is 10.5 Å². The van der Waals surface area contributed by atoms with Gasteiger partial charge < -0.3 is 11.1 Å².